The van der Waals surface area contributed by atoms with Crippen LogP contribution in [0.4, 0.5) is 0 Å². The van der Waals surface area contributed by atoms with Crippen molar-refractivity contribution in [1.29, 1.82) is 0 Å². The Morgan fingerprint density at radius 1 is 1.67 bits per heavy atom. The Labute approximate surface area is 113 Å². The van der Waals surface area contributed by atoms with Crippen LogP contribution in [-0.2, 0) is 11.3 Å². The molecule has 0 unspecified atom stereocenters. The van der Waals surface area contributed by atoms with Crippen LogP contribution in [0.15, 0.2) is 10.6 Å². The first-order chi connectivity index (χ1) is 8.16. The van der Waals surface area contributed by atoms with Crippen LogP contribution < -0.4 is 5.32 Å². The molecule has 1 aromatic heterocycles. The van der Waals surface area contributed by atoms with Gasteiger partial charge in [0.1, 0.15) is 11.5 Å². The summed E-state index contributed by atoms with van der Waals surface area (Å²) < 4.78 is 4.99. The second-order valence-electron chi connectivity index (χ2n) is 4.67. The zero-order chi connectivity index (χ0) is 12.3. The van der Waals surface area contributed by atoms with Crippen molar-refractivity contribution in [2.45, 2.75) is 26.3 Å². The molecule has 0 spiro atoms. The molecule has 1 N–H and O–H groups in total. The lowest BCUT2D eigenvalue weighted by atomic mass is 9.98. The fraction of sp³-hybridized carbons (Fsp3) is 0.667. The van der Waals surface area contributed by atoms with Crippen LogP contribution >= 0.6 is 12.4 Å². The predicted molar refractivity (Wildman–Crippen MR) is 70.6 cm³/mol. The van der Waals surface area contributed by atoms with Crippen molar-refractivity contribution in [1.82, 2.24) is 15.4 Å². The third-order valence-electron chi connectivity index (χ3n) is 3.10. The highest BCUT2D eigenvalue weighted by Crippen LogP contribution is 2.14. The van der Waals surface area contributed by atoms with E-state index in [4.69, 9.17) is 4.52 Å². The average molecular weight is 274 g/mol. The number of aryl methyl sites for hydroxylation is 1. The second kappa shape index (κ2) is 6.75. The number of amides is 1. The molecular formula is C12H20ClN3O2. The topological polar surface area (TPSA) is 58.4 Å². The van der Waals surface area contributed by atoms with Gasteiger partial charge in [-0.15, -0.1) is 12.4 Å². The lowest BCUT2D eigenvalue weighted by molar-refractivity contribution is -0.135. The van der Waals surface area contributed by atoms with E-state index in [0.717, 1.165) is 37.4 Å². The third kappa shape index (κ3) is 3.71. The highest BCUT2D eigenvalue weighted by atomic mass is 35.5. The Hall–Kier alpha value is -1.07. The maximum atomic E-state index is 12.1. The maximum Gasteiger partial charge on any atom is 0.227 e. The molecule has 1 atom stereocenters. The zero-order valence-corrected chi connectivity index (χ0v) is 11.6. The van der Waals surface area contributed by atoms with Crippen molar-refractivity contribution >= 4 is 18.3 Å². The molecule has 1 aromatic rings. The summed E-state index contributed by atoms with van der Waals surface area (Å²) in [6.07, 6.45) is 2.06. The fourth-order valence-corrected chi connectivity index (χ4v) is 2.19. The van der Waals surface area contributed by atoms with Gasteiger partial charge in [-0.1, -0.05) is 5.16 Å². The molecular weight excluding hydrogens is 254 g/mol. The number of nitrogens with one attached hydrogen (secondary N) is 1. The molecule has 1 saturated heterocycles. The van der Waals surface area contributed by atoms with E-state index in [1.807, 2.05) is 20.0 Å². The Bertz CT molecular complexity index is 388. The van der Waals surface area contributed by atoms with Gasteiger partial charge in [-0.2, -0.15) is 0 Å². The van der Waals surface area contributed by atoms with Gasteiger partial charge in [-0.3, -0.25) is 4.79 Å². The van der Waals surface area contributed by atoms with Gasteiger partial charge in [-0.25, -0.2) is 0 Å². The first-order valence-corrected chi connectivity index (χ1v) is 6.04. The number of hydrogen-bond acceptors (Lipinski definition) is 4. The molecule has 2 rings (SSSR count). The van der Waals surface area contributed by atoms with Crippen LogP contribution in [0.2, 0.25) is 0 Å². The molecule has 1 amide bonds. The average Bonchev–Trinajstić information content (AvgIpc) is 2.75. The summed E-state index contributed by atoms with van der Waals surface area (Å²) in [5.74, 6) is 1.08. The molecule has 2 heterocycles. The van der Waals surface area contributed by atoms with Gasteiger partial charge in [0.05, 0.1) is 12.5 Å². The molecule has 18 heavy (non-hydrogen) atoms. The number of nitrogens with zero attached hydrogens (tertiary/aromatic N) is 2. The molecule has 0 aliphatic carbocycles. The predicted octanol–water partition coefficient (Wildman–Crippen LogP) is 1.36. The molecule has 0 aromatic carbocycles. The number of piperidine rings is 1. The van der Waals surface area contributed by atoms with Crippen LogP contribution in [0, 0.1) is 12.8 Å². The Morgan fingerprint density at radius 2 is 2.44 bits per heavy atom. The SMILES string of the molecule is Cc1cc(CN(C)C(=O)[C@@H]2CCCNC2)no1.Cl. The molecule has 0 bridgehead atoms. The number of carbonyl (C=O) groups is 1. The maximum absolute atomic E-state index is 12.1. The van der Waals surface area contributed by atoms with E-state index < -0.39 is 0 Å². The quantitative estimate of drug-likeness (QED) is 0.904. The Balaban J connectivity index is 0.00000162. The summed E-state index contributed by atoms with van der Waals surface area (Å²) in [5, 5.41) is 7.16. The van der Waals surface area contributed by atoms with Gasteiger partial charge in [-0.05, 0) is 26.3 Å². The number of hydrogen-bond donors (Lipinski definition) is 1. The van der Waals surface area contributed by atoms with Crippen molar-refractivity contribution < 1.29 is 9.32 Å². The van der Waals surface area contributed by atoms with Crippen molar-refractivity contribution in [2.24, 2.45) is 5.92 Å². The second-order valence-corrected chi connectivity index (χ2v) is 4.67. The first-order valence-electron chi connectivity index (χ1n) is 6.04. The minimum absolute atomic E-state index is 0. The summed E-state index contributed by atoms with van der Waals surface area (Å²) in [6, 6.07) is 1.86. The highest BCUT2D eigenvalue weighted by molar-refractivity contribution is 5.85. The lowest BCUT2D eigenvalue weighted by Crippen LogP contribution is -2.41. The number of carbonyl (C=O) groups excluding carboxylic acids is 1. The van der Waals surface area contributed by atoms with E-state index in [0.29, 0.717) is 6.54 Å². The Morgan fingerprint density at radius 3 is 3.00 bits per heavy atom. The molecule has 5 nitrogen and oxygen atoms in total. The zero-order valence-electron chi connectivity index (χ0n) is 10.8. The molecule has 1 aliphatic heterocycles. The van der Waals surface area contributed by atoms with E-state index in [9.17, 15) is 4.79 Å². The summed E-state index contributed by atoms with van der Waals surface area (Å²) in [4.78, 5) is 13.9. The summed E-state index contributed by atoms with van der Waals surface area (Å²) in [6.45, 7) is 4.19. The van der Waals surface area contributed by atoms with E-state index in [2.05, 4.69) is 10.5 Å². The summed E-state index contributed by atoms with van der Waals surface area (Å²) >= 11 is 0. The molecule has 0 saturated carbocycles. The van der Waals surface area contributed by atoms with Crippen molar-refractivity contribution in [3.8, 4) is 0 Å². The van der Waals surface area contributed by atoms with Crippen LogP contribution in [0.3, 0.4) is 0 Å². The number of halogens is 1. The normalized spacial score (nSPS) is 19.1. The lowest BCUT2D eigenvalue weighted by Gasteiger charge is -2.26. The van der Waals surface area contributed by atoms with Crippen LogP contribution in [0.25, 0.3) is 0 Å². The summed E-state index contributed by atoms with van der Waals surface area (Å²) in [5.41, 5.74) is 0.808. The largest absolute Gasteiger partial charge is 0.361 e. The van der Waals surface area contributed by atoms with E-state index in [-0.39, 0.29) is 24.2 Å². The highest BCUT2D eigenvalue weighted by Gasteiger charge is 2.24. The molecule has 102 valence electrons. The standard InChI is InChI=1S/C12H19N3O2.ClH/c1-9-6-11(14-17-9)8-15(2)12(16)10-4-3-5-13-7-10;/h6,10,13H,3-5,7-8H2,1-2H3;1H/t10-;/m1./s1. The first kappa shape index (κ1) is 15.0. The Kier molecular flexibility index (Phi) is 5.62. The van der Waals surface area contributed by atoms with Crippen LogP contribution in [-0.4, -0.2) is 36.1 Å². The van der Waals surface area contributed by atoms with E-state index >= 15 is 0 Å². The number of rotatable bonds is 3. The third-order valence-corrected chi connectivity index (χ3v) is 3.10. The smallest absolute Gasteiger partial charge is 0.227 e. The number of aromatic nitrogens is 1. The van der Waals surface area contributed by atoms with E-state index in [1.165, 1.54) is 0 Å². The molecule has 6 heteroatoms. The van der Waals surface area contributed by atoms with Gasteiger partial charge >= 0.3 is 0 Å². The van der Waals surface area contributed by atoms with Gasteiger partial charge in [0.2, 0.25) is 5.91 Å². The van der Waals surface area contributed by atoms with Crippen LogP contribution in [0.5, 0.6) is 0 Å². The van der Waals surface area contributed by atoms with Crippen molar-refractivity contribution in [3.05, 3.63) is 17.5 Å². The van der Waals surface area contributed by atoms with Gasteiger partial charge < -0.3 is 14.7 Å². The minimum atomic E-state index is 0. The van der Waals surface area contributed by atoms with Gasteiger partial charge in [0, 0.05) is 19.7 Å². The van der Waals surface area contributed by atoms with Gasteiger partial charge in [0.25, 0.3) is 0 Å². The summed E-state index contributed by atoms with van der Waals surface area (Å²) in [7, 11) is 1.82. The van der Waals surface area contributed by atoms with Crippen molar-refractivity contribution in [3.63, 3.8) is 0 Å². The fourth-order valence-electron chi connectivity index (χ4n) is 2.19. The molecule has 0 radical (unpaired) electrons. The van der Waals surface area contributed by atoms with Gasteiger partial charge in [0.15, 0.2) is 0 Å². The minimum Gasteiger partial charge on any atom is -0.361 e. The molecule has 1 aliphatic rings. The van der Waals surface area contributed by atoms with Crippen molar-refractivity contribution in [2.75, 3.05) is 20.1 Å². The molecule has 1 fully saturated rings. The van der Waals surface area contributed by atoms with Crippen LogP contribution in [0.1, 0.15) is 24.3 Å². The monoisotopic (exact) mass is 273 g/mol. The van der Waals surface area contributed by atoms with E-state index in [1.54, 1.807) is 4.90 Å².